The first-order valence-corrected chi connectivity index (χ1v) is 9.00. The summed E-state index contributed by atoms with van der Waals surface area (Å²) in [7, 11) is 0. The van der Waals surface area contributed by atoms with E-state index in [9.17, 15) is 4.79 Å². The van der Waals surface area contributed by atoms with Gasteiger partial charge in [-0.2, -0.15) is 0 Å². The van der Waals surface area contributed by atoms with Crippen LogP contribution in [0.25, 0.3) is 11.1 Å². The van der Waals surface area contributed by atoms with Crippen molar-refractivity contribution in [3.63, 3.8) is 0 Å². The number of amides is 1. The maximum atomic E-state index is 13.3. The van der Waals surface area contributed by atoms with Gasteiger partial charge in [0.1, 0.15) is 0 Å². The van der Waals surface area contributed by atoms with Gasteiger partial charge in [0.05, 0.1) is 16.6 Å². The summed E-state index contributed by atoms with van der Waals surface area (Å²) >= 11 is 0. The Balaban J connectivity index is 0.00000182. The zero-order chi connectivity index (χ0) is 16.7. The fourth-order valence-corrected chi connectivity index (χ4v) is 3.49. The lowest BCUT2D eigenvalue weighted by atomic mass is 10.0. The van der Waals surface area contributed by atoms with Gasteiger partial charge in [0, 0.05) is 37.3 Å². The van der Waals surface area contributed by atoms with Crippen molar-refractivity contribution in [2.45, 2.75) is 51.5 Å². The summed E-state index contributed by atoms with van der Waals surface area (Å²) in [5, 5.41) is 8.35. The number of hydrogen-bond acceptors (Lipinski definition) is 5. The minimum Gasteiger partial charge on any atom is -0.336 e. The van der Waals surface area contributed by atoms with Crippen LogP contribution in [0.5, 0.6) is 0 Å². The number of carbonyl (C=O) groups excluding carboxylic acids is 1. The van der Waals surface area contributed by atoms with E-state index in [1.165, 1.54) is 0 Å². The van der Waals surface area contributed by atoms with Crippen LogP contribution in [0.4, 0.5) is 0 Å². The van der Waals surface area contributed by atoms with Gasteiger partial charge in [0.25, 0.3) is 11.6 Å². The Morgan fingerprint density at radius 2 is 2.24 bits per heavy atom. The molecule has 0 bridgehead atoms. The predicted molar refractivity (Wildman–Crippen MR) is 98.4 cm³/mol. The first-order chi connectivity index (χ1) is 11.7. The van der Waals surface area contributed by atoms with Crippen molar-refractivity contribution in [2.24, 2.45) is 0 Å². The Kier molecular flexibility index (Phi) is 5.29. The molecule has 1 saturated carbocycles. The van der Waals surface area contributed by atoms with Crippen LogP contribution in [0.2, 0.25) is 0 Å². The number of aryl methyl sites for hydroxylation is 1. The Morgan fingerprint density at radius 3 is 2.92 bits per heavy atom. The topological polar surface area (TPSA) is 71.3 Å². The molecule has 2 aromatic rings. The van der Waals surface area contributed by atoms with E-state index in [-0.39, 0.29) is 24.4 Å². The molecule has 4 rings (SSSR count). The molecule has 1 aliphatic carbocycles. The highest BCUT2D eigenvalue weighted by Crippen LogP contribution is 2.40. The molecule has 1 atom stereocenters. The number of fused-ring (bicyclic) bond motifs is 1. The van der Waals surface area contributed by atoms with Crippen molar-refractivity contribution in [1.82, 2.24) is 20.4 Å². The third-order valence-electron chi connectivity index (χ3n) is 5.01. The molecule has 1 aliphatic heterocycles. The van der Waals surface area contributed by atoms with E-state index in [0.29, 0.717) is 11.6 Å². The minimum atomic E-state index is 0. The fourth-order valence-electron chi connectivity index (χ4n) is 3.49. The smallest absolute Gasteiger partial charge is 0.259 e. The molecule has 25 heavy (non-hydrogen) atoms. The molecule has 2 aromatic heterocycles. The minimum absolute atomic E-state index is 0. The van der Waals surface area contributed by atoms with Gasteiger partial charge < -0.3 is 14.7 Å². The van der Waals surface area contributed by atoms with Gasteiger partial charge in [-0.1, -0.05) is 18.5 Å². The molecule has 0 aromatic carbocycles. The number of aromatic nitrogens is 2. The molecular formula is C18H25ClN4O2. The first-order valence-electron chi connectivity index (χ1n) is 9.00. The molecule has 136 valence electrons. The molecule has 6 nitrogen and oxygen atoms in total. The zero-order valence-electron chi connectivity index (χ0n) is 14.7. The number of nitrogens with one attached hydrogen (secondary N) is 1. The molecule has 0 spiro atoms. The molecular weight excluding hydrogens is 340 g/mol. The summed E-state index contributed by atoms with van der Waals surface area (Å²) in [5.41, 5.74) is 3.08. The SMILES string of the molecule is CCCc1noc2nc(C3CC3)cc(C(=O)N3CCNC[C@H]3C)c12.Cl. The molecule has 1 saturated heterocycles. The lowest BCUT2D eigenvalue weighted by Crippen LogP contribution is -2.52. The highest BCUT2D eigenvalue weighted by Gasteiger charge is 2.31. The van der Waals surface area contributed by atoms with Gasteiger partial charge in [-0.3, -0.25) is 4.79 Å². The molecule has 1 amide bonds. The molecule has 2 fully saturated rings. The van der Waals surface area contributed by atoms with Crippen LogP contribution in [0.15, 0.2) is 10.6 Å². The van der Waals surface area contributed by atoms with E-state index >= 15 is 0 Å². The first kappa shape index (κ1) is 18.1. The number of pyridine rings is 1. The molecule has 3 heterocycles. The van der Waals surface area contributed by atoms with Gasteiger partial charge >= 0.3 is 0 Å². The second-order valence-corrected chi connectivity index (χ2v) is 6.98. The number of halogens is 1. The van der Waals surface area contributed by atoms with Gasteiger partial charge in [0.2, 0.25) is 0 Å². The predicted octanol–water partition coefficient (Wildman–Crippen LogP) is 2.91. The average Bonchev–Trinajstić information content (AvgIpc) is 3.37. The van der Waals surface area contributed by atoms with Crippen LogP contribution in [-0.4, -0.2) is 46.6 Å². The standard InChI is InChI=1S/C18H24N4O2.ClH/c1-3-4-14-16-13(18(23)22-8-7-19-10-11(22)2)9-15(12-5-6-12)20-17(16)24-21-14;/h9,11-12,19H,3-8,10H2,1-2H3;1H/t11-;/m1./s1. The van der Waals surface area contributed by atoms with E-state index in [1.54, 1.807) is 0 Å². The van der Waals surface area contributed by atoms with Crippen LogP contribution in [0, 0.1) is 0 Å². The van der Waals surface area contributed by atoms with Crippen LogP contribution in [0.1, 0.15) is 60.8 Å². The highest BCUT2D eigenvalue weighted by atomic mass is 35.5. The number of rotatable bonds is 4. The van der Waals surface area contributed by atoms with Crippen molar-refractivity contribution in [2.75, 3.05) is 19.6 Å². The molecule has 0 radical (unpaired) electrons. The lowest BCUT2D eigenvalue weighted by molar-refractivity contribution is 0.0657. The van der Waals surface area contributed by atoms with E-state index in [0.717, 1.165) is 67.7 Å². The van der Waals surface area contributed by atoms with Gasteiger partial charge in [-0.15, -0.1) is 12.4 Å². The highest BCUT2D eigenvalue weighted by molar-refractivity contribution is 6.06. The summed E-state index contributed by atoms with van der Waals surface area (Å²) in [4.78, 5) is 19.9. The summed E-state index contributed by atoms with van der Waals surface area (Å²) in [6.45, 7) is 6.60. The summed E-state index contributed by atoms with van der Waals surface area (Å²) in [6, 6.07) is 2.18. The zero-order valence-corrected chi connectivity index (χ0v) is 15.6. The second-order valence-electron chi connectivity index (χ2n) is 6.98. The van der Waals surface area contributed by atoms with Crippen molar-refractivity contribution >= 4 is 29.4 Å². The normalized spacial score (nSPS) is 20.6. The number of carbonyl (C=O) groups is 1. The maximum Gasteiger partial charge on any atom is 0.259 e. The number of hydrogen-bond donors (Lipinski definition) is 1. The lowest BCUT2D eigenvalue weighted by Gasteiger charge is -2.34. The van der Waals surface area contributed by atoms with Crippen molar-refractivity contribution < 1.29 is 9.32 Å². The summed E-state index contributed by atoms with van der Waals surface area (Å²) in [5.74, 6) is 0.556. The Bertz CT molecular complexity index is 772. The molecule has 1 N–H and O–H groups in total. The number of piperazine rings is 1. The third kappa shape index (κ3) is 3.37. The summed E-state index contributed by atoms with van der Waals surface area (Å²) < 4.78 is 5.48. The van der Waals surface area contributed by atoms with Crippen molar-refractivity contribution in [3.8, 4) is 0 Å². The van der Waals surface area contributed by atoms with Gasteiger partial charge in [-0.25, -0.2) is 4.98 Å². The van der Waals surface area contributed by atoms with E-state index in [2.05, 4.69) is 29.3 Å². The van der Waals surface area contributed by atoms with Crippen LogP contribution in [-0.2, 0) is 6.42 Å². The third-order valence-corrected chi connectivity index (χ3v) is 5.01. The van der Waals surface area contributed by atoms with Crippen LogP contribution >= 0.6 is 12.4 Å². The van der Waals surface area contributed by atoms with E-state index in [4.69, 9.17) is 4.52 Å². The number of nitrogens with zero attached hydrogens (tertiary/aromatic N) is 3. The molecule has 2 aliphatic rings. The average molecular weight is 365 g/mol. The quantitative estimate of drug-likeness (QED) is 0.903. The largest absolute Gasteiger partial charge is 0.336 e. The fraction of sp³-hybridized carbons (Fsp3) is 0.611. The van der Waals surface area contributed by atoms with Crippen molar-refractivity contribution in [3.05, 3.63) is 23.0 Å². The maximum absolute atomic E-state index is 13.3. The Morgan fingerprint density at radius 1 is 1.44 bits per heavy atom. The summed E-state index contributed by atoms with van der Waals surface area (Å²) in [6.07, 6.45) is 4.05. The second kappa shape index (κ2) is 7.30. The van der Waals surface area contributed by atoms with Gasteiger partial charge in [0.15, 0.2) is 0 Å². The molecule has 0 unspecified atom stereocenters. The van der Waals surface area contributed by atoms with Crippen molar-refractivity contribution in [1.29, 1.82) is 0 Å². The molecule has 7 heteroatoms. The van der Waals surface area contributed by atoms with Gasteiger partial charge in [-0.05, 0) is 32.3 Å². The van der Waals surface area contributed by atoms with E-state index < -0.39 is 0 Å². The van der Waals surface area contributed by atoms with E-state index in [1.807, 2.05) is 11.0 Å². The van der Waals surface area contributed by atoms with Crippen LogP contribution < -0.4 is 5.32 Å². The van der Waals surface area contributed by atoms with Crippen LogP contribution in [0.3, 0.4) is 0 Å². The monoisotopic (exact) mass is 364 g/mol. The Hall–Kier alpha value is -1.66. The Labute approximate surface area is 153 Å².